The molecule has 0 aliphatic carbocycles. The number of phenolic OH excluding ortho intramolecular Hbond substituents is 1. The molecule has 0 spiro atoms. The third-order valence-electron chi connectivity index (χ3n) is 4.49. The lowest BCUT2D eigenvalue weighted by molar-refractivity contribution is 0.135. The Morgan fingerprint density at radius 2 is 1.54 bits per heavy atom. The fourth-order valence-corrected chi connectivity index (χ4v) is 3.20. The van der Waals surface area contributed by atoms with E-state index in [2.05, 4.69) is 53.1 Å². The first-order valence-corrected chi connectivity index (χ1v) is 8.64. The topological polar surface area (TPSA) is 26.7 Å². The molecule has 1 aliphatic heterocycles. The summed E-state index contributed by atoms with van der Waals surface area (Å²) in [6.07, 6.45) is 2.28. The third-order valence-corrected chi connectivity index (χ3v) is 4.49. The van der Waals surface area contributed by atoms with Crippen LogP contribution in [0.3, 0.4) is 0 Å². The normalized spacial score (nSPS) is 17.1. The number of piperazine rings is 1. The molecule has 0 bridgehead atoms. The van der Waals surface area contributed by atoms with E-state index in [1.54, 1.807) is 12.1 Å². The molecule has 0 unspecified atom stereocenters. The quantitative estimate of drug-likeness (QED) is 0.911. The molecular formula is C21H26N2O. The van der Waals surface area contributed by atoms with E-state index >= 15 is 0 Å². The SMILES string of the molecule is CC(=Cc1ccccc1)CN1CCN(Cc2ccc(O)cc2)CC1. The van der Waals surface area contributed by atoms with Gasteiger partial charge in [0.05, 0.1) is 0 Å². The smallest absolute Gasteiger partial charge is 0.115 e. The molecule has 0 amide bonds. The van der Waals surface area contributed by atoms with Gasteiger partial charge in [-0.05, 0) is 30.2 Å². The maximum Gasteiger partial charge on any atom is 0.115 e. The minimum Gasteiger partial charge on any atom is -0.508 e. The van der Waals surface area contributed by atoms with Crippen molar-refractivity contribution in [2.45, 2.75) is 13.5 Å². The van der Waals surface area contributed by atoms with E-state index in [9.17, 15) is 5.11 Å². The van der Waals surface area contributed by atoms with Crippen LogP contribution >= 0.6 is 0 Å². The molecular weight excluding hydrogens is 296 g/mol. The lowest BCUT2D eigenvalue weighted by Gasteiger charge is -2.35. The van der Waals surface area contributed by atoms with Crippen molar-refractivity contribution < 1.29 is 5.11 Å². The zero-order chi connectivity index (χ0) is 16.8. The van der Waals surface area contributed by atoms with E-state index in [1.165, 1.54) is 16.7 Å². The summed E-state index contributed by atoms with van der Waals surface area (Å²) in [5, 5.41) is 9.36. The van der Waals surface area contributed by atoms with Gasteiger partial charge < -0.3 is 5.11 Å². The highest BCUT2D eigenvalue weighted by molar-refractivity contribution is 5.52. The zero-order valence-corrected chi connectivity index (χ0v) is 14.4. The van der Waals surface area contributed by atoms with Crippen LogP contribution in [0.1, 0.15) is 18.1 Å². The second-order valence-corrected chi connectivity index (χ2v) is 6.62. The van der Waals surface area contributed by atoms with Crippen LogP contribution in [0.15, 0.2) is 60.2 Å². The third kappa shape index (κ3) is 4.95. The van der Waals surface area contributed by atoms with Gasteiger partial charge in [0.25, 0.3) is 0 Å². The van der Waals surface area contributed by atoms with Gasteiger partial charge in [-0.1, -0.05) is 54.1 Å². The Kier molecular flexibility index (Phi) is 5.68. The largest absolute Gasteiger partial charge is 0.508 e. The second kappa shape index (κ2) is 8.13. The molecule has 3 heteroatoms. The Morgan fingerprint density at radius 1 is 0.917 bits per heavy atom. The van der Waals surface area contributed by atoms with Crippen LogP contribution in [-0.2, 0) is 6.54 Å². The van der Waals surface area contributed by atoms with Gasteiger partial charge in [0.2, 0.25) is 0 Å². The molecule has 1 fully saturated rings. The molecule has 2 aromatic rings. The summed E-state index contributed by atoms with van der Waals surface area (Å²) >= 11 is 0. The second-order valence-electron chi connectivity index (χ2n) is 6.62. The first-order valence-electron chi connectivity index (χ1n) is 8.64. The number of phenols is 1. The summed E-state index contributed by atoms with van der Waals surface area (Å²) < 4.78 is 0. The van der Waals surface area contributed by atoms with E-state index in [1.807, 2.05) is 12.1 Å². The molecule has 0 saturated carbocycles. The standard InChI is InChI=1S/C21H26N2O/c1-18(15-19-5-3-2-4-6-19)16-22-11-13-23(14-12-22)17-20-7-9-21(24)10-8-20/h2-10,15,24H,11-14,16-17H2,1H3. The molecule has 0 radical (unpaired) electrons. The molecule has 1 heterocycles. The molecule has 1 N–H and O–H groups in total. The van der Waals surface area contributed by atoms with E-state index in [0.29, 0.717) is 5.75 Å². The fraction of sp³-hybridized carbons (Fsp3) is 0.333. The van der Waals surface area contributed by atoms with Crippen molar-refractivity contribution in [3.63, 3.8) is 0 Å². The van der Waals surface area contributed by atoms with Gasteiger partial charge in [0, 0.05) is 39.3 Å². The van der Waals surface area contributed by atoms with E-state index in [0.717, 1.165) is 39.3 Å². The minimum atomic E-state index is 0.337. The summed E-state index contributed by atoms with van der Waals surface area (Å²) in [6.45, 7) is 8.64. The number of nitrogens with zero attached hydrogens (tertiary/aromatic N) is 2. The highest BCUT2D eigenvalue weighted by atomic mass is 16.3. The predicted octanol–water partition coefficient (Wildman–Crippen LogP) is 3.61. The summed E-state index contributed by atoms with van der Waals surface area (Å²) in [7, 11) is 0. The maximum atomic E-state index is 9.36. The minimum absolute atomic E-state index is 0.337. The molecule has 24 heavy (non-hydrogen) atoms. The van der Waals surface area contributed by atoms with Crippen molar-refractivity contribution >= 4 is 6.08 Å². The Hall–Kier alpha value is -2.10. The van der Waals surface area contributed by atoms with E-state index in [4.69, 9.17) is 0 Å². The number of hydrogen-bond donors (Lipinski definition) is 1. The van der Waals surface area contributed by atoms with Crippen LogP contribution in [0, 0.1) is 0 Å². The Balaban J connectivity index is 1.46. The van der Waals surface area contributed by atoms with Crippen LogP contribution in [0.2, 0.25) is 0 Å². The van der Waals surface area contributed by atoms with Gasteiger partial charge in [0.1, 0.15) is 5.75 Å². The maximum absolute atomic E-state index is 9.36. The molecule has 2 aromatic carbocycles. The molecule has 3 rings (SSSR count). The average molecular weight is 322 g/mol. The van der Waals surface area contributed by atoms with Gasteiger partial charge in [-0.25, -0.2) is 0 Å². The lowest BCUT2D eigenvalue weighted by atomic mass is 10.1. The van der Waals surface area contributed by atoms with Crippen molar-refractivity contribution in [3.8, 4) is 5.75 Å². The van der Waals surface area contributed by atoms with Crippen LogP contribution in [0.5, 0.6) is 5.75 Å². The molecule has 0 aromatic heterocycles. The van der Waals surface area contributed by atoms with Crippen molar-refractivity contribution in [3.05, 3.63) is 71.3 Å². The first-order chi connectivity index (χ1) is 11.7. The number of aromatic hydroxyl groups is 1. The van der Waals surface area contributed by atoms with Crippen LogP contribution in [-0.4, -0.2) is 47.6 Å². The van der Waals surface area contributed by atoms with Crippen molar-refractivity contribution in [2.24, 2.45) is 0 Å². The number of hydrogen-bond acceptors (Lipinski definition) is 3. The van der Waals surface area contributed by atoms with E-state index in [-0.39, 0.29) is 0 Å². The van der Waals surface area contributed by atoms with Crippen molar-refractivity contribution in [1.82, 2.24) is 9.80 Å². The van der Waals surface area contributed by atoms with Gasteiger partial charge in [-0.2, -0.15) is 0 Å². The highest BCUT2D eigenvalue weighted by Crippen LogP contribution is 2.14. The van der Waals surface area contributed by atoms with Crippen molar-refractivity contribution in [2.75, 3.05) is 32.7 Å². The fourth-order valence-electron chi connectivity index (χ4n) is 3.20. The lowest BCUT2D eigenvalue weighted by Crippen LogP contribution is -2.46. The Labute approximate surface area is 144 Å². The van der Waals surface area contributed by atoms with Gasteiger partial charge in [0.15, 0.2) is 0 Å². The van der Waals surface area contributed by atoms with Crippen LogP contribution in [0.4, 0.5) is 0 Å². The van der Waals surface area contributed by atoms with Crippen molar-refractivity contribution in [1.29, 1.82) is 0 Å². The summed E-state index contributed by atoms with van der Waals surface area (Å²) in [4.78, 5) is 5.02. The molecule has 1 saturated heterocycles. The van der Waals surface area contributed by atoms with Crippen LogP contribution < -0.4 is 0 Å². The zero-order valence-electron chi connectivity index (χ0n) is 14.4. The molecule has 0 atom stereocenters. The molecule has 3 nitrogen and oxygen atoms in total. The number of benzene rings is 2. The Bertz CT molecular complexity index is 656. The predicted molar refractivity (Wildman–Crippen MR) is 99.9 cm³/mol. The molecule has 1 aliphatic rings. The monoisotopic (exact) mass is 322 g/mol. The summed E-state index contributed by atoms with van der Waals surface area (Å²) in [5.41, 5.74) is 3.95. The summed E-state index contributed by atoms with van der Waals surface area (Å²) in [6, 6.07) is 18.1. The molecule has 126 valence electrons. The highest BCUT2D eigenvalue weighted by Gasteiger charge is 2.16. The van der Waals surface area contributed by atoms with Gasteiger partial charge in [-0.3, -0.25) is 9.80 Å². The van der Waals surface area contributed by atoms with Gasteiger partial charge in [-0.15, -0.1) is 0 Å². The van der Waals surface area contributed by atoms with Crippen LogP contribution in [0.25, 0.3) is 6.08 Å². The number of rotatable bonds is 5. The summed E-state index contributed by atoms with van der Waals surface area (Å²) in [5.74, 6) is 0.337. The van der Waals surface area contributed by atoms with E-state index < -0.39 is 0 Å². The Morgan fingerprint density at radius 3 is 2.21 bits per heavy atom. The first kappa shape index (κ1) is 16.7. The van der Waals surface area contributed by atoms with Gasteiger partial charge >= 0.3 is 0 Å². The average Bonchev–Trinajstić information content (AvgIpc) is 2.59.